The van der Waals surface area contributed by atoms with Crippen LogP contribution in [0.15, 0.2) is 42.5 Å². The normalized spacial score (nSPS) is 19.6. The molecule has 1 saturated heterocycles. The number of quaternary nitrogens is 1. The lowest BCUT2D eigenvalue weighted by molar-refractivity contribution is -0.884. The lowest BCUT2D eigenvalue weighted by atomic mass is 9.95. The second-order valence-electron chi connectivity index (χ2n) is 11.4. The molecule has 2 aliphatic heterocycles. The van der Waals surface area contributed by atoms with E-state index in [4.69, 9.17) is 9.47 Å². The van der Waals surface area contributed by atoms with Gasteiger partial charge in [-0.15, -0.1) is 0 Å². The first-order valence-electron chi connectivity index (χ1n) is 13.6. The zero-order chi connectivity index (χ0) is 25.7. The molecule has 1 amide bonds. The van der Waals surface area contributed by atoms with Gasteiger partial charge in [-0.3, -0.25) is 9.69 Å². The van der Waals surface area contributed by atoms with E-state index in [0.29, 0.717) is 25.3 Å². The van der Waals surface area contributed by atoms with E-state index in [0.717, 1.165) is 73.4 Å². The fraction of sp³-hybridized carbons (Fsp3) is 0.567. The van der Waals surface area contributed by atoms with E-state index >= 15 is 0 Å². The summed E-state index contributed by atoms with van der Waals surface area (Å²) in [7, 11) is 6.60. The molecule has 6 nitrogen and oxygen atoms in total. The van der Waals surface area contributed by atoms with Crippen molar-refractivity contribution in [2.75, 3.05) is 52.5 Å². The number of hydrogen-bond acceptors (Lipinski definition) is 4. The Bertz CT molecular complexity index is 1030. The monoisotopic (exact) mass is 494 g/mol. The van der Waals surface area contributed by atoms with Crippen LogP contribution in [-0.2, 0) is 11.3 Å². The van der Waals surface area contributed by atoms with Gasteiger partial charge in [0, 0.05) is 30.4 Å². The maximum Gasteiger partial charge on any atom is 0.241 e. The molecule has 0 radical (unpaired) electrons. The van der Waals surface area contributed by atoms with Crippen LogP contribution in [0.4, 0.5) is 5.69 Å². The zero-order valence-electron chi connectivity index (χ0n) is 22.8. The third-order valence-electron chi connectivity index (χ3n) is 7.27. The Morgan fingerprint density at radius 2 is 1.86 bits per heavy atom. The van der Waals surface area contributed by atoms with Gasteiger partial charge in [0.25, 0.3) is 0 Å². The van der Waals surface area contributed by atoms with Crippen molar-refractivity contribution in [1.82, 2.24) is 4.90 Å². The predicted octanol–water partition coefficient (Wildman–Crippen LogP) is 5.41. The fourth-order valence-electron chi connectivity index (χ4n) is 5.56. The minimum absolute atomic E-state index is 0.207. The number of nitrogens with zero attached hydrogens (tertiary/aromatic N) is 3. The minimum Gasteiger partial charge on any atom is -0.454 e. The highest BCUT2D eigenvalue weighted by atomic mass is 16.7. The number of fused-ring (bicyclic) bond motifs is 1. The molecule has 0 aliphatic carbocycles. The summed E-state index contributed by atoms with van der Waals surface area (Å²) in [6.45, 7) is 7.79. The molecule has 0 unspecified atom stereocenters. The number of rotatable bonds is 11. The molecule has 0 N–H and O–H groups in total. The molecule has 2 aromatic carbocycles. The molecule has 0 spiro atoms. The van der Waals surface area contributed by atoms with E-state index in [1.54, 1.807) is 0 Å². The van der Waals surface area contributed by atoms with Gasteiger partial charge in [-0.1, -0.05) is 44.9 Å². The Morgan fingerprint density at radius 1 is 1.06 bits per heavy atom. The molecule has 2 heterocycles. The minimum atomic E-state index is 0.207. The standard InChI is InChI=1S/C30H44N3O3/c1-6-8-15-32(27-12-9-11-23(16-27)21-33(3,4)5)30(34)20-31-19-25(17-26(31)10-7-2)24-13-14-28-29(18-24)36-22-35-28/h9,11-14,16,18,25-26H,6-8,10,15,17,19-22H2,1-5H3/q+1/t25-,26+/m1/s1. The van der Waals surface area contributed by atoms with Gasteiger partial charge in [-0.05, 0) is 55.0 Å². The third-order valence-corrected chi connectivity index (χ3v) is 7.27. The number of unbranched alkanes of at least 4 members (excludes halogenated alkanes) is 1. The van der Waals surface area contributed by atoms with Gasteiger partial charge in [-0.2, -0.15) is 0 Å². The topological polar surface area (TPSA) is 42.0 Å². The highest BCUT2D eigenvalue weighted by Gasteiger charge is 2.35. The van der Waals surface area contributed by atoms with Gasteiger partial charge in [-0.25, -0.2) is 0 Å². The second-order valence-corrected chi connectivity index (χ2v) is 11.4. The van der Waals surface area contributed by atoms with Crippen LogP contribution in [0, 0.1) is 0 Å². The van der Waals surface area contributed by atoms with Gasteiger partial charge in [0.2, 0.25) is 12.7 Å². The molecule has 2 atom stereocenters. The maximum atomic E-state index is 13.8. The van der Waals surface area contributed by atoms with E-state index in [2.05, 4.69) is 76.3 Å². The highest BCUT2D eigenvalue weighted by Crippen LogP contribution is 2.39. The number of amides is 1. The van der Waals surface area contributed by atoms with Crippen molar-refractivity contribution in [2.45, 2.75) is 64.5 Å². The molecule has 0 aromatic heterocycles. The first-order valence-corrected chi connectivity index (χ1v) is 13.6. The Balaban J connectivity index is 1.50. The van der Waals surface area contributed by atoms with Crippen molar-refractivity contribution in [1.29, 1.82) is 0 Å². The van der Waals surface area contributed by atoms with Gasteiger partial charge >= 0.3 is 0 Å². The molecule has 4 rings (SSSR count). The second kappa shape index (κ2) is 11.7. The van der Waals surface area contributed by atoms with Crippen LogP contribution in [-0.4, -0.2) is 68.9 Å². The fourth-order valence-corrected chi connectivity index (χ4v) is 5.56. The molecule has 1 fully saturated rings. The van der Waals surface area contributed by atoms with Crippen molar-refractivity contribution in [3.8, 4) is 11.5 Å². The summed E-state index contributed by atoms with van der Waals surface area (Å²) in [6, 6.07) is 15.3. The first kappa shape index (κ1) is 26.5. The van der Waals surface area contributed by atoms with Gasteiger partial charge in [0.05, 0.1) is 27.7 Å². The number of anilines is 1. The molecular weight excluding hydrogens is 450 g/mol. The number of carbonyl (C=O) groups excluding carboxylic acids is 1. The van der Waals surface area contributed by atoms with Gasteiger partial charge < -0.3 is 18.9 Å². The predicted molar refractivity (Wildman–Crippen MR) is 146 cm³/mol. The Kier molecular flexibility index (Phi) is 8.58. The SMILES string of the molecule is CCCCN(C(=O)CN1C[C@H](c2ccc3c(c2)OCO3)C[C@@H]1CCC)c1cccc(C[N+](C)(C)C)c1. The lowest BCUT2D eigenvalue weighted by Crippen LogP contribution is -2.43. The smallest absolute Gasteiger partial charge is 0.241 e. The first-order chi connectivity index (χ1) is 17.3. The summed E-state index contributed by atoms with van der Waals surface area (Å²) in [4.78, 5) is 18.2. The van der Waals surface area contributed by atoms with Crippen LogP contribution in [0.2, 0.25) is 0 Å². The number of benzene rings is 2. The molecule has 2 aromatic rings. The zero-order valence-corrected chi connectivity index (χ0v) is 22.8. The average molecular weight is 495 g/mol. The number of hydrogen-bond donors (Lipinski definition) is 0. The number of ether oxygens (including phenoxy) is 2. The van der Waals surface area contributed by atoms with E-state index in [9.17, 15) is 4.79 Å². The molecule has 0 bridgehead atoms. The van der Waals surface area contributed by atoms with E-state index in [1.807, 2.05) is 11.0 Å². The molecular formula is C30H44N3O3+. The molecule has 6 heteroatoms. The van der Waals surface area contributed by atoms with Crippen LogP contribution in [0.5, 0.6) is 11.5 Å². The van der Waals surface area contributed by atoms with Crippen molar-refractivity contribution in [3.63, 3.8) is 0 Å². The van der Waals surface area contributed by atoms with E-state index in [-0.39, 0.29) is 5.91 Å². The van der Waals surface area contributed by atoms with Gasteiger partial charge in [0.15, 0.2) is 11.5 Å². The summed E-state index contributed by atoms with van der Waals surface area (Å²) in [5.74, 6) is 2.28. The summed E-state index contributed by atoms with van der Waals surface area (Å²) in [5, 5.41) is 0. The van der Waals surface area contributed by atoms with E-state index < -0.39 is 0 Å². The highest BCUT2D eigenvalue weighted by molar-refractivity contribution is 5.95. The largest absolute Gasteiger partial charge is 0.454 e. The molecule has 2 aliphatic rings. The number of carbonyl (C=O) groups is 1. The quantitative estimate of drug-likeness (QED) is 0.392. The Labute approximate surface area is 217 Å². The molecule has 0 saturated carbocycles. The summed E-state index contributed by atoms with van der Waals surface area (Å²) in [5.41, 5.74) is 3.58. The summed E-state index contributed by atoms with van der Waals surface area (Å²) in [6.07, 6.45) is 5.38. The Hall–Kier alpha value is -2.57. The van der Waals surface area contributed by atoms with Crippen LogP contribution in [0.3, 0.4) is 0 Å². The lowest BCUT2D eigenvalue weighted by Gasteiger charge is -2.29. The van der Waals surface area contributed by atoms with Crippen molar-refractivity contribution >= 4 is 11.6 Å². The van der Waals surface area contributed by atoms with Crippen LogP contribution >= 0.6 is 0 Å². The van der Waals surface area contributed by atoms with Crippen molar-refractivity contribution in [3.05, 3.63) is 53.6 Å². The van der Waals surface area contributed by atoms with Crippen molar-refractivity contribution < 1.29 is 18.8 Å². The molecule has 196 valence electrons. The van der Waals surface area contributed by atoms with Crippen molar-refractivity contribution in [2.24, 2.45) is 0 Å². The van der Waals surface area contributed by atoms with Crippen LogP contribution < -0.4 is 14.4 Å². The average Bonchev–Trinajstić information content (AvgIpc) is 3.45. The maximum absolute atomic E-state index is 13.8. The van der Waals surface area contributed by atoms with Crippen LogP contribution in [0.25, 0.3) is 0 Å². The summed E-state index contributed by atoms with van der Waals surface area (Å²) >= 11 is 0. The third kappa shape index (κ3) is 6.60. The molecule has 36 heavy (non-hydrogen) atoms. The van der Waals surface area contributed by atoms with Crippen LogP contribution in [0.1, 0.15) is 63.0 Å². The Morgan fingerprint density at radius 3 is 2.61 bits per heavy atom. The number of likely N-dealkylation sites (tertiary alicyclic amines) is 1. The van der Waals surface area contributed by atoms with E-state index in [1.165, 1.54) is 11.1 Å². The van der Waals surface area contributed by atoms with Gasteiger partial charge in [0.1, 0.15) is 6.54 Å². The summed E-state index contributed by atoms with van der Waals surface area (Å²) < 4.78 is 12.0.